The molecule has 0 radical (unpaired) electrons. The van der Waals surface area contributed by atoms with E-state index in [1.54, 1.807) is 36.4 Å². The maximum absolute atomic E-state index is 12.9. The van der Waals surface area contributed by atoms with Gasteiger partial charge in [-0.1, -0.05) is 35.4 Å². The SMILES string of the molecule is Cc1ccc(N(CCC#N)S(=O)(=O)c2ccc(C)cc2)cc1. The molecule has 2 aromatic rings. The molecule has 114 valence electrons. The van der Waals surface area contributed by atoms with Gasteiger partial charge in [0.2, 0.25) is 0 Å². The van der Waals surface area contributed by atoms with Crippen LogP contribution in [0, 0.1) is 25.2 Å². The van der Waals surface area contributed by atoms with Crippen molar-refractivity contribution in [2.24, 2.45) is 0 Å². The number of hydrogen-bond donors (Lipinski definition) is 0. The van der Waals surface area contributed by atoms with E-state index in [-0.39, 0.29) is 17.9 Å². The molecule has 0 N–H and O–H groups in total. The molecule has 22 heavy (non-hydrogen) atoms. The van der Waals surface area contributed by atoms with Crippen LogP contribution in [-0.4, -0.2) is 15.0 Å². The summed E-state index contributed by atoms with van der Waals surface area (Å²) in [5.74, 6) is 0. The highest BCUT2D eigenvalue weighted by Gasteiger charge is 2.24. The molecule has 0 amide bonds. The van der Waals surface area contributed by atoms with Gasteiger partial charge in [0.15, 0.2) is 0 Å². The van der Waals surface area contributed by atoms with Crippen LogP contribution in [0.1, 0.15) is 17.5 Å². The van der Waals surface area contributed by atoms with Crippen molar-refractivity contribution in [2.75, 3.05) is 10.8 Å². The van der Waals surface area contributed by atoms with Crippen LogP contribution < -0.4 is 4.31 Å². The van der Waals surface area contributed by atoms with Gasteiger partial charge in [-0.3, -0.25) is 4.31 Å². The van der Waals surface area contributed by atoms with Gasteiger partial charge in [0, 0.05) is 6.54 Å². The van der Waals surface area contributed by atoms with Crippen molar-refractivity contribution in [2.45, 2.75) is 25.2 Å². The molecule has 0 bridgehead atoms. The number of sulfonamides is 1. The molecular formula is C17H18N2O2S. The minimum atomic E-state index is -3.67. The van der Waals surface area contributed by atoms with E-state index in [1.165, 1.54) is 4.31 Å². The predicted molar refractivity (Wildman–Crippen MR) is 87.1 cm³/mol. The topological polar surface area (TPSA) is 61.2 Å². The fourth-order valence-electron chi connectivity index (χ4n) is 2.09. The van der Waals surface area contributed by atoms with E-state index in [9.17, 15) is 8.42 Å². The second-order valence-corrected chi connectivity index (χ2v) is 7.00. The molecule has 0 spiro atoms. The summed E-state index contributed by atoms with van der Waals surface area (Å²) in [7, 11) is -3.67. The molecule has 0 aromatic heterocycles. The molecule has 2 aromatic carbocycles. The number of rotatable bonds is 5. The molecule has 4 nitrogen and oxygen atoms in total. The van der Waals surface area contributed by atoms with Gasteiger partial charge in [-0.25, -0.2) is 8.42 Å². The first kappa shape index (κ1) is 16.1. The molecule has 0 heterocycles. The number of nitriles is 1. The number of benzene rings is 2. The summed E-state index contributed by atoms with van der Waals surface area (Å²) in [5.41, 5.74) is 2.62. The third-order valence-electron chi connectivity index (χ3n) is 3.36. The van der Waals surface area contributed by atoms with Crippen LogP contribution in [0.4, 0.5) is 5.69 Å². The summed E-state index contributed by atoms with van der Waals surface area (Å²) in [6.45, 7) is 3.98. The average Bonchev–Trinajstić information content (AvgIpc) is 2.49. The molecular weight excluding hydrogens is 296 g/mol. The van der Waals surface area contributed by atoms with Crippen LogP contribution >= 0.6 is 0 Å². The van der Waals surface area contributed by atoms with E-state index >= 15 is 0 Å². The maximum Gasteiger partial charge on any atom is 0.264 e. The standard InChI is InChI=1S/C17H18N2O2S/c1-14-4-8-16(9-5-14)19(13-3-12-18)22(20,21)17-10-6-15(2)7-11-17/h4-11H,3,13H2,1-2H3. The number of nitrogens with zero attached hydrogens (tertiary/aromatic N) is 2. The van der Waals surface area contributed by atoms with Gasteiger partial charge in [0.25, 0.3) is 10.0 Å². The fraction of sp³-hybridized carbons (Fsp3) is 0.235. The predicted octanol–water partition coefficient (Wildman–Crippen LogP) is 3.41. The van der Waals surface area contributed by atoms with E-state index in [0.29, 0.717) is 5.69 Å². The third kappa shape index (κ3) is 3.46. The molecule has 0 atom stereocenters. The lowest BCUT2D eigenvalue weighted by atomic mass is 10.2. The highest BCUT2D eigenvalue weighted by Crippen LogP contribution is 2.24. The lowest BCUT2D eigenvalue weighted by Crippen LogP contribution is -2.31. The average molecular weight is 314 g/mol. The molecule has 2 rings (SSSR count). The number of aryl methyl sites for hydroxylation is 2. The first-order chi connectivity index (χ1) is 10.4. The first-order valence-corrected chi connectivity index (χ1v) is 8.42. The Labute approximate surface area is 131 Å². The van der Waals surface area contributed by atoms with Crippen molar-refractivity contribution in [3.63, 3.8) is 0 Å². The van der Waals surface area contributed by atoms with Crippen LogP contribution in [0.3, 0.4) is 0 Å². The Kier molecular flexibility index (Phi) is 4.84. The van der Waals surface area contributed by atoms with Crippen molar-refractivity contribution >= 4 is 15.7 Å². The summed E-state index contributed by atoms with van der Waals surface area (Å²) in [6.07, 6.45) is 0.138. The minimum absolute atomic E-state index is 0.135. The van der Waals surface area contributed by atoms with Crippen molar-refractivity contribution < 1.29 is 8.42 Å². The van der Waals surface area contributed by atoms with Crippen molar-refractivity contribution in [3.8, 4) is 6.07 Å². The van der Waals surface area contributed by atoms with E-state index in [2.05, 4.69) is 0 Å². The zero-order valence-electron chi connectivity index (χ0n) is 12.7. The normalized spacial score (nSPS) is 11.0. The third-order valence-corrected chi connectivity index (χ3v) is 5.20. The van der Waals surface area contributed by atoms with Gasteiger partial charge in [-0.15, -0.1) is 0 Å². The van der Waals surface area contributed by atoms with E-state index < -0.39 is 10.0 Å². The Morgan fingerprint density at radius 1 is 0.955 bits per heavy atom. The zero-order valence-corrected chi connectivity index (χ0v) is 13.5. The Morgan fingerprint density at radius 2 is 1.45 bits per heavy atom. The van der Waals surface area contributed by atoms with Gasteiger partial charge in [-0.2, -0.15) is 5.26 Å². The highest BCUT2D eigenvalue weighted by molar-refractivity contribution is 7.92. The van der Waals surface area contributed by atoms with Crippen LogP contribution in [0.25, 0.3) is 0 Å². The lowest BCUT2D eigenvalue weighted by Gasteiger charge is -2.23. The van der Waals surface area contributed by atoms with Crippen LogP contribution in [0.2, 0.25) is 0 Å². The second kappa shape index (κ2) is 6.63. The van der Waals surface area contributed by atoms with Crippen molar-refractivity contribution in [1.82, 2.24) is 0 Å². The van der Waals surface area contributed by atoms with Gasteiger partial charge < -0.3 is 0 Å². The molecule has 5 heteroatoms. The Hall–Kier alpha value is -2.32. The Bertz CT molecular complexity index is 773. The molecule has 0 fully saturated rings. The summed E-state index contributed by atoms with van der Waals surface area (Å²) in [5, 5.41) is 8.81. The summed E-state index contributed by atoms with van der Waals surface area (Å²) >= 11 is 0. The van der Waals surface area contributed by atoms with Crippen molar-refractivity contribution in [1.29, 1.82) is 5.26 Å². The van der Waals surface area contributed by atoms with Crippen LogP contribution in [-0.2, 0) is 10.0 Å². The molecule has 0 saturated carbocycles. The molecule has 0 saturated heterocycles. The monoisotopic (exact) mass is 314 g/mol. The summed E-state index contributed by atoms with van der Waals surface area (Å²) in [6, 6.07) is 16.0. The Morgan fingerprint density at radius 3 is 1.95 bits per heavy atom. The first-order valence-electron chi connectivity index (χ1n) is 6.98. The largest absolute Gasteiger partial charge is 0.265 e. The van der Waals surface area contributed by atoms with E-state index in [4.69, 9.17) is 5.26 Å². The van der Waals surface area contributed by atoms with Crippen LogP contribution in [0.15, 0.2) is 53.4 Å². The zero-order chi connectivity index (χ0) is 16.2. The molecule has 0 aliphatic rings. The number of anilines is 1. The van der Waals surface area contributed by atoms with Gasteiger partial charge in [-0.05, 0) is 38.1 Å². The molecule has 0 unspecified atom stereocenters. The smallest absolute Gasteiger partial charge is 0.264 e. The second-order valence-electron chi connectivity index (χ2n) is 5.13. The van der Waals surface area contributed by atoms with Gasteiger partial charge >= 0.3 is 0 Å². The molecule has 0 aliphatic heterocycles. The molecule has 0 aliphatic carbocycles. The Balaban J connectivity index is 2.46. The van der Waals surface area contributed by atoms with E-state index in [1.807, 2.05) is 32.0 Å². The maximum atomic E-state index is 12.9. The number of hydrogen-bond acceptors (Lipinski definition) is 3. The highest BCUT2D eigenvalue weighted by atomic mass is 32.2. The lowest BCUT2D eigenvalue weighted by molar-refractivity contribution is 0.591. The summed E-state index contributed by atoms with van der Waals surface area (Å²) in [4.78, 5) is 0.233. The summed E-state index contributed by atoms with van der Waals surface area (Å²) < 4.78 is 27.0. The van der Waals surface area contributed by atoms with Crippen molar-refractivity contribution in [3.05, 3.63) is 59.7 Å². The van der Waals surface area contributed by atoms with E-state index in [0.717, 1.165) is 11.1 Å². The van der Waals surface area contributed by atoms with Gasteiger partial charge in [0.1, 0.15) is 0 Å². The fourth-order valence-corrected chi connectivity index (χ4v) is 3.55. The van der Waals surface area contributed by atoms with Crippen LogP contribution in [0.5, 0.6) is 0 Å². The quantitative estimate of drug-likeness (QED) is 0.849. The van der Waals surface area contributed by atoms with Gasteiger partial charge in [0.05, 0.1) is 23.1 Å². The minimum Gasteiger partial charge on any atom is -0.265 e.